The number of fused-ring (bicyclic) bond motifs is 3. The Morgan fingerprint density at radius 1 is 1.11 bits per heavy atom. The van der Waals surface area contributed by atoms with Crippen molar-refractivity contribution in [2.75, 3.05) is 18.9 Å². The lowest BCUT2D eigenvalue weighted by molar-refractivity contribution is 0.172. The molecule has 0 radical (unpaired) electrons. The van der Waals surface area contributed by atoms with Crippen LogP contribution in [0, 0.1) is 0 Å². The van der Waals surface area contributed by atoms with Crippen molar-refractivity contribution in [3.63, 3.8) is 0 Å². The van der Waals surface area contributed by atoms with E-state index in [0.29, 0.717) is 24.7 Å². The number of benzene rings is 1. The molecule has 0 saturated heterocycles. The smallest absolute Gasteiger partial charge is 0.183 e. The van der Waals surface area contributed by atoms with E-state index >= 15 is 0 Å². The number of rotatable bonds is 0. The average molecular weight is 242 g/mol. The largest absolute Gasteiger partial charge is 0.486 e. The molecular weight excluding hydrogens is 232 g/mol. The third-order valence-electron chi connectivity index (χ3n) is 3.03. The molecule has 1 aliphatic heterocycles. The van der Waals surface area contributed by atoms with Crippen LogP contribution in [0.1, 0.15) is 0 Å². The van der Waals surface area contributed by atoms with E-state index < -0.39 is 0 Å². The Labute approximate surface area is 102 Å². The number of nitrogens with two attached hydrogens (primary N) is 1. The molecule has 4 rings (SSSR count). The number of hydrogen-bond acceptors (Lipinski definition) is 5. The van der Waals surface area contributed by atoms with Crippen LogP contribution in [0.5, 0.6) is 11.5 Å². The van der Waals surface area contributed by atoms with Crippen LogP contribution in [-0.4, -0.2) is 28.4 Å². The summed E-state index contributed by atoms with van der Waals surface area (Å²) in [7, 11) is 0. The molecule has 6 nitrogen and oxygen atoms in total. The van der Waals surface area contributed by atoms with E-state index in [2.05, 4.69) is 15.2 Å². The minimum absolute atomic E-state index is 0.522. The van der Waals surface area contributed by atoms with Crippen LogP contribution in [0.2, 0.25) is 0 Å². The van der Waals surface area contributed by atoms with Gasteiger partial charge in [0.15, 0.2) is 17.1 Å². The molecular formula is C12H10N4O2. The quantitative estimate of drug-likeness (QED) is 0.623. The molecule has 0 bridgehead atoms. The van der Waals surface area contributed by atoms with Gasteiger partial charge in [0.25, 0.3) is 0 Å². The molecule has 0 atom stereocenters. The van der Waals surface area contributed by atoms with Gasteiger partial charge < -0.3 is 15.2 Å². The van der Waals surface area contributed by atoms with Crippen LogP contribution in [0.4, 0.5) is 5.82 Å². The second-order valence-corrected chi connectivity index (χ2v) is 4.19. The zero-order valence-corrected chi connectivity index (χ0v) is 9.43. The summed E-state index contributed by atoms with van der Waals surface area (Å²) >= 11 is 0. The predicted octanol–water partition coefficient (Wildman–Crippen LogP) is 1.46. The highest BCUT2D eigenvalue weighted by atomic mass is 16.6. The number of H-pyrrole nitrogens is 1. The monoisotopic (exact) mass is 242 g/mol. The Morgan fingerprint density at radius 3 is 2.72 bits per heavy atom. The molecule has 3 heterocycles. The Hall–Kier alpha value is -2.50. The van der Waals surface area contributed by atoms with Crippen molar-refractivity contribution in [2.24, 2.45) is 0 Å². The fourth-order valence-electron chi connectivity index (χ4n) is 2.16. The van der Waals surface area contributed by atoms with E-state index in [4.69, 9.17) is 15.2 Å². The van der Waals surface area contributed by atoms with Gasteiger partial charge in [0.1, 0.15) is 19.0 Å². The molecule has 6 heteroatoms. The van der Waals surface area contributed by atoms with Gasteiger partial charge in [-0.1, -0.05) is 0 Å². The van der Waals surface area contributed by atoms with Crippen LogP contribution in [-0.2, 0) is 0 Å². The lowest BCUT2D eigenvalue weighted by atomic mass is 10.1. The summed E-state index contributed by atoms with van der Waals surface area (Å²) in [6.07, 6.45) is 0. The molecule has 18 heavy (non-hydrogen) atoms. The summed E-state index contributed by atoms with van der Waals surface area (Å²) in [5.41, 5.74) is 7.22. The fraction of sp³-hybridized carbons (Fsp3) is 0.167. The van der Waals surface area contributed by atoms with E-state index in [-0.39, 0.29) is 0 Å². The Bertz CT molecular complexity index is 765. The van der Waals surface area contributed by atoms with Gasteiger partial charge in [-0.05, 0) is 12.1 Å². The van der Waals surface area contributed by atoms with E-state index in [1.807, 2.05) is 18.2 Å². The zero-order chi connectivity index (χ0) is 12.1. The maximum atomic E-state index is 5.79. The van der Waals surface area contributed by atoms with Crippen LogP contribution in [0.25, 0.3) is 21.9 Å². The third kappa shape index (κ3) is 1.22. The van der Waals surface area contributed by atoms with Crippen LogP contribution in [0.3, 0.4) is 0 Å². The summed E-state index contributed by atoms with van der Waals surface area (Å²) in [6, 6.07) is 5.74. The molecule has 0 amide bonds. The number of hydrogen-bond donors (Lipinski definition) is 2. The Kier molecular flexibility index (Phi) is 1.72. The van der Waals surface area contributed by atoms with Gasteiger partial charge in [0, 0.05) is 11.5 Å². The minimum atomic E-state index is 0.522. The second kappa shape index (κ2) is 3.25. The van der Waals surface area contributed by atoms with Crippen molar-refractivity contribution in [1.82, 2.24) is 15.2 Å². The standard InChI is InChI=1S/C12H10N4O2/c13-11-7-3-6-4-9-10(18-2-1-17-9)5-8(6)14-12(7)16-15-11/h3-5H,1-2H2,(H3,13,14,15,16). The van der Waals surface area contributed by atoms with Gasteiger partial charge in [0.2, 0.25) is 0 Å². The predicted molar refractivity (Wildman–Crippen MR) is 66.8 cm³/mol. The Morgan fingerprint density at radius 2 is 1.89 bits per heavy atom. The van der Waals surface area contributed by atoms with Crippen molar-refractivity contribution in [3.05, 3.63) is 18.2 Å². The van der Waals surface area contributed by atoms with Crippen molar-refractivity contribution >= 4 is 27.8 Å². The lowest BCUT2D eigenvalue weighted by Gasteiger charge is -2.18. The molecule has 1 aromatic carbocycles. The number of aromatic amines is 1. The first kappa shape index (κ1) is 9.52. The highest BCUT2D eigenvalue weighted by molar-refractivity contribution is 5.97. The highest BCUT2D eigenvalue weighted by Gasteiger charge is 2.14. The minimum Gasteiger partial charge on any atom is -0.486 e. The molecule has 2 aromatic heterocycles. The van der Waals surface area contributed by atoms with Crippen LogP contribution in [0.15, 0.2) is 18.2 Å². The van der Waals surface area contributed by atoms with E-state index in [0.717, 1.165) is 27.8 Å². The van der Waals surface area contributed by atoms with Crippen LogP contribution >= 0.6 is 0 Å². The van der Waals surface area contributed by atoms with Crippen molar-refractivity contribution < 1.29 is 9.47 Å². The molecule has 3 N–H and O–H groups in total. The summed E-state index contributed by atoms with van der Waals surface area (Å²) in [5.74, 6) is 2.00. The number of ether oxygens (including phenoxy) is 2. The first-order valence-electron chi connectivity index (χ1n) is 5.65. The summed E-state index contributed by atoms with van der Waals surface area (Å²) in [6.45, 7) is 1.14. The van der Waals surface area contributed by atoms with Crippen LogP contribution < -0.4 is 15.2 Å². The van der Waals surface area contributed by atoms with E-state index in [9.17, 15) is 0 Å². The topological polar surface area (TPSA) is 86.1 Å². The van der Waals surface area contributed by atoms with Crippen molar-refractivity contribution in [3.8, 4) is 11.5 Å². The summed E-state index contributed by atoms with van der Waals surface area (Å²) in [5, 5.41) is 8.55. The number of nitrogens with zero attached hydrogens (tertiary/aromatic N) is 2. The fourth-order valence-corrected chi connectivity index (χ4v) is 2.16. The maximum Gasteiger partial charge on any atom is 0.183 e. The molecule has 90 valence electrons. The van der Waals surface area contributed by atoms with Gasteiger partial charge >= 0.3 is 0 Å². The van der Waals surface area contributed by atoms with E-state index in [1.165, 1.54) is 0 Å². The zero-order valence-electron chi connectivity index (χ0n) is 9.43. The Balaban J connectivity index is 2.06. The number of nitrogens with one attached hydrogen (secondary N) is 1. The van der Waals surface area contributed by atoms with Gasteiger partial charge in [0.05, 0.1) is 10.9 Å². The van der Waals surface area contributed by atoms with Gasteiger partial charge in [-0.15, -0.1) is 0 Å². The number of nitrogen functional groups attached to an aromatic ring is 1. The normalized spacial score (nSPS) is 14.2. The number of pyridine rings is 1. The molecule has 1 aliphatic rings. The first-order valence-corrected chi connectivity index (χ1v) is 5.65. The summed E-state index contributed by atoms with van der Waals surface area (Å²) < 4.78 is 11.1. The summed E-state index contributed by atoms with van der Waals surface area (Å²) in [4.78, 5) is 4.45. The molecule has 0 fully saturated rings. The average Bonchev–Trinajstić information content (AvgIpc) is 2.75. The van der Waals surface area contributed by atoms with Gasteiger partial charge in [-0.2, -0.15) is 5.10 Å². The molecule has 0 unspecified atom stereocenters. The van der Waals surface area contributed by atoms with Crippen molar-refractivity contribution in [1.29, 1.82) is 0 Å². The van der Waals surface area contributed by atoms with E-state index in [1.54, 1.807) is 0 Å². The second-order valence-electron chi connectivity index (χ2n) is 4.19. The number of anilines is 1. The third-order valence-corrected chi connectivity index (χ3v) is 3.03. The highest BCUT2D eigenvalue weighted by Crippen LogP contribution is 2.35. The molecule has 0 saturated carbocycles. The molecule has 0 aliphatic carbocycles. The lowest BCUT2D eigenvalue weighted by Crippen LogP contribution is -2.15. The first-order chi connectivity index (χ1) is 8.81. The molecule has 3 aromatic rings. The number of aromatic nitrogens is 3. The molecule has 0 spiro atoms. The van der Waals surface area contributed by atoms with Gasteiger partial charge in [-0.25, -0.2) is 4.98 Å². The van der Waals surface area contributed by atoms with Crippen molar-refractivity contribution in [2.45, 2.75) is 0 Å². The SMILES string of the molecule is Nc1[nH]nc2nc3cc4c(cc3cc12)OCCO4. The maximum absolute atomic E-state index is 5.79. The van der Waals surface area contributed by atoms with Gasteiger partial charge in [-0.3, -0.25) is 5.10 Å².